The number of ether oxygens (including phenoxy) is 1. The average molecular weight is 320 g/mol. The number of hydrogen-bond acceptors (Lipinski definition) is 4. The molecule has 1 aliphatic carbocycles. The zero-order valence-electron chi connectivity index (χ0n) is 14.1. The quantitative estimate of drug-likeness (QED) is 0.895. The summed E-state index contributed by atoms with van der Waals surface area (Å²) in [5, 5.41) is 7.64. The topological polar surface area (TPSA) is 59.4 Å². The molecule has 1 amide bonds. The fourth-order valence-corrected chi connectivity index (χ4v) is 3.68. The van der Waals surface area contributed by atoms with Gasteiger partial charge in [0.2, 0.25) is 5.91 Å². The molecule has 3 rings (SSSR count). The van der Waals surface area contributed by atoms with Crippen LogP contribution in [-0.2, 0) is 9.53 Å². The van der Waals surface area contributed by atoms with Crippen molar-refractivity contribution in [2.75, 3.05) is 19.7 Å². The minimum absolute atomic E-state index is 0.182. The van der Waals surface area contributed by atoms with Gasteiger partial charge in [0.1, 0.15) is 0 Å². The van der Waals surface area contributed by atoms with E-state index in [9.17, 15) is 4.79 Å². The lowest BCUT2D eigenvalue weighted by atomic mass is 9.90. The van der Waals surface area contributed by atoms with Crippen LogP contribution < -0.4 is 5.32 Å². The van der Waals surface area contributed by atoms with E-state index in [0.717, 1.165) is 19.4 Å². The molecule has 1 aliphatic heterocycles. The van der Waals surface area contributed by atoms with Crippen molar-refractivity contribution in [2.24, 2.45) is 0 Å². The Balaban J connectivity index is 1.52. The molecule has 2 fully saturated rings. The molecule has 0 radical (unpaired) electrons. The summed E-state index contributed by atoms with van der Waals surface area (Å²) < 4.78 is 7.77. The third kappa shape index (κ3) is 3.75. The van der Waals surface area contributed by atoms with E-state index in [0.29, 0.717) is 13.2 Å². The summed E-state index contributed by atoms with van der Waals surface area (Å²) in [5.74, 6) is 0.199. The van der Waals surface area contributed by atoms with Crippen LogP contribution in [0.1, 0.15) is 45.6 Å². The molecule has 4 atom stereocenters. The summed E-state index contributed by atoms with van der Waals surface area (Å²) in [6.07, 6.45) is 8.59. The molecule has 2 aliphatic rings. The highest BCUT2D eigenvalue weighted by Crippen LogP contribution is 2.28. The van der Waals surface area contributed by atoms with Crippen LogP contribution >= 0.6 is 0 Å². The van der Waals surface area contributed by atoms with E-state index in [4.69, 9.17) is 4.74 Å². The van der Waals surface area contributed by atoms with Crippen LogP contribution in [0.4, 0.5) is 0 Å². The Kier molecular flexibility index (Phi) is 5.33. The molecule has 0 bridgehead atoms. The smallest absolute Gasteiger partial charge is 0.236 e. The van der Waals surface area contributed by atoms with Gasteiger partial charge in [0.25, 0.3) is 0 Å². The van der Waals surface area contributed by atoms with E-state index in [-0.39, 0.29) is 30.1 Å². The Labute approximate surface area is 138 Å². The molecule has 1 saturated carbocycles. The molecular formula is C17H28N4O2. The fourth-order valence-electron chi connectivity index (χ4n) is 3.68. The molecule has 0 aromatic carbocycles. The van der Waals surface area contributed by atoms with Crippen molar-refractivity contribution < 1.29 is 9.53 Å². The van der Waals surface area contributed by atoms with Crippen molar-refractivity contribution in [3.8, 4) is 0 Å². The number of rotatable bonds is 5. The number of amides is 1. The van der Waals surface area contributed by atoms with E-state index in [1.165, 1.54) is 12.8 Å². The van der Waals surface area contributed by atoms with Crippen LogP contribution in [-0.4, -0.2) is 58.5 Å². The van der Waals surface area contributed by atoms with Crippen molar-refractivity contribution in [1.82, 2.24) is 20.0 Å². The molecular weight excluding hydrogens is 292 g/mol. The monoisotopic (exact) mass is 320 g/mol. The number of carbonyl (C=O) groups excluding carboxylic acids is 1. The van der Waals surface area contributed by atoms with Gasteiger partial charge in [-0.3, -0.25) is 9.48 Å². The number of nitrogens with one attached hydrogen (secondary N) is 1. The highest BCUT2D eigenvalue weighted by molar-refractivity contribution is 5.78. The number of aromatic nitrogens is 2. The predicted octanol–water partition coefficient (Wildman–Crippen LogP) is 1.59. The maximum atomic E-state index is 12.7. The first kappa shape index (κ1) is 16.5. The zero-order chi connectivity index (χ0) is 16.2. The van der Waals surface area contributed by atoms with Gasteiger partial charge >= 0.3 is 0 Å². The Morgan fingerprint density at radius 3 is 3.00 bits per heavy atom. The van der Waals surface area contributed by atoms with E-state index >= 15 is 0 Å². The lowest BCUT2D eigenvalue weighted by Crippen LogP contribution is -2.57. The van der Waals surface area contributed by atoms with Crippen molar-refractivity contribution in [3.63, 3.8) is 0 Å². The maximum Gasteiger partial charge on any atom is 0.236 e. The van der Waals surface area contributed by atoms with Crippen molar-refractivity contribution >= 4 is 5.91 Å². The average Bonchev–Trinajstić information content (AvgIpc) is 3.12. The summed E-state index contributed by atoms with van der Waals surface area (Å²) in [4.78, 5) is 14.7. The number of morpholine rings is 1. The third-order valence-corrected chi connectivity index (χ3v) is 5.29. The minimum Gasteiger partial charge on any atom is -0.374 e. The molecule has 1 aromatic rings. The summed E-state index contributed by atoms with van der Waals surface area (Å²) in [6, 6.07) is 2.60. The van der Waals surface area contributed by atoms with Crippen LogP contribution in [0, 0.1) is 0 Å². The number of nitrogens with zero attached hydrogens (tertiary/aromatic N) is 3. The first-order chi connectivity index (χ1) is 11.2. The highest BCUT2D eigenvalue weighted by Gasteiger charge is 2.36. The molecule has 128 valence electrons. The van der Waals surface area contributed by atoms with Crippen molar-refractivity contribution in [2.45, 2.75) is 63.8 Å². The first-order valence-corrected chi connectivity index (χ1v) is 8.80. The summed E-state index contributed by atoms with van der Waals surface area (Å²) in [6.45, 7) is 6.00. The predicted molar refractivity (Wildman–Crippen MR) is 88.1 cm³/mol. The van der Waals surface area contributed by atoms with Gasteiger partial charge in [-0.25, -0.2) is 0 Å². The van der Waals surface area contributed by atoms with E-state index in [2.05, 4.69) is 24.3 Å². The van der Waals surface area contributed by atoms with Crippen LogP contribution in [0.5, 0.6) is 0 Å². The van der Waals surface area contributed by atoms with Crippen LogP contribution in [0.3, 0.4) is 0 Å². The second-order valence-electron chi connectivity index (χ2n) is 6.74. The summed E-state index contributed by atoms with van der Waals surface area (Å²) in [7, 11) is 0. The van der Waals surface area contributed by atoms with Crippen LogP contribution in [0.25, 0.3) is 0 Å². The van der Waals surface area contributed by atoms with E-state index < -0.39 is 0 Å². The Bertz CT molecular complexity index is 503. The molecule has 6 heteroatoms. The number of carbonyl (C=O) groups is 1. The van der Waals surface area contributed by atoms with Crippen molar-refractivity contribution in [3.05, 3.63) is 18.5 Å². The second kappa shape index (κ2) is 7.45. The largest absolute Gasteiger partial charge is 0.374 e. The molecule has 0 spiro atoms. The lowest BCUT2D eigenvalue weighted by Gasteiger charge is -2.44. The SMILES string of the molecule is CC(NCC(=O)N1CCOC2CCCCC21)C(C)n1cccn1. The maximum absolute atomic E-state index is 12.7. The van der Waals surface area contributed by atoms with Crippen LogP contribution in [0.15, 0.2) is 18.5 Å². The van der Waals surface area contributed by atoms with Gasteiger partial charge in [-0.1, -0.05) is 12.8 Å². The fraction of sp³-hybridized carbons (Fsp3) is 0.765. The Hall–Kier alpha value is -1.40. The normalized spacial score (nSPS) is 27.3. The molecule has 4 unspecified atom stereocenters. The van der Waals surface area contributed by atoms with Crippen LogP contribution in [0.2, 0.25) is 0 Å². The van der Waals surface area contributed by atoms with Gasteiger partial charge in [-0.15, -0.1) is 0 Å². The molecule has 6 nitrogen and oxygen atoms in total. The van der Waals surface area contributed by atoms with Gasteiger partial charge in [-0.05, 0) is 32.8 Å². The lowest BCUT2D eigenvalue weighted by molar-refractivity contribution is -0.148. The first-order valence-electron chi connectivity index (χ1n) is 8.80. The standard InChI is InChI=1S/C17H28N4O2/c1-13(14(2)21-9-5-8-19-21)18-12-17(22)20-10-11-23-16-7-4-3-6-15(16)20/h5,8-9,13-16,18H,3-4,6-7,10-12H2,1-2H3. The zero-order valence-corrected chi connectivity index (χ0v) is 14.1. The van der Waals surface area contributed by atoms with Gasteiger partial charge < -0.3 is 15.0 Å². The van der Waals surface area contributed by atoms with Gasteiger partial charge in [-0.2, -0.15) is 5.10 Å². The van der Waals surface area contributed by atoms with Gasteiger partial charge in [0.15, 0.2) is 0 Å². The third-order valence-electron chi connectivity index (χ3n) is 5.29. The van der Waals surface area contributed by atoms with E-state index in [1.807, 2.05) is 21.8 Å². The Morgan fingerprint density at radius 1 is 1.39 bits per heavy atom. The van der Waals surface area contributed by atoms with Gasteiger partial charge in [0, 0.05) is 25.0 Å². The minimum atomic E-state index is 0.182. The molecule has 23 heavy (non-hydrogen) atoms. The highest BCUT2D eigenvalue weighted by atomic mass is 16.5. The molecule has 1 aromatic heterocycles. The summed E-state index contributed by atoms with van der Waals surface area (Å²) in [5.41, 5.74) is 0. The summed E-state index contributed by atoms with van der Waals surface area (Å²) >= 11 is 0. The number of fused-ring (bicyclic) bond motifs is 1. The Morgan fingerprint density at radius 2 is 2.22 bits per heavy atom. The molecule has 1 N–H and O–H groups in total. The molecule has 1 saturated heterocycles. The van der Waals surface area contributed by atoms with Gasteiger partial charge in [0.05, 0.1) is 31.3 Å². The van der Waals surface area contributed by atoms with Crippen molar-refractivity contribution in [1.29, 1.82) is 0 Å². The second-order valence-corrected chi connectivity index (χ2v) is 6.74. The van der Waals surface area contributed by atoms with E-state index in [1.54, 1.807) is 6.20 Å². The molecule has 2 heterocycles. The number of hydrogen-bond donors (Lipinski definition) is 1.